The number of primary amides is 1. The Morgan fingerprint density at radius 1 is 1.16 bits per heavy atom. The molecule has 37 heavy (non-hydrogen) atoms. The second-order valence-electron chi connectivity index (χ2n) is 8.80. The van der Waals surface area contributed by atoms with Crippen molar-refractivity contribution >= 4 is 11.6 Å². The van der Waals surface area contributed by atoms with Crippen LogP contribution in [-0.2, 0) is 17.1 Å². The van der Waals surface area contributed by atoms with Crippen molar-refractivity contribution in [2.45, 2.75) is 45.5 Å². The molecule has 2 aliphatic rings. The van der Waals surface area contributed by atoms with E-state index in [-0.39, 0.29) is 35.3 Å². The molecule has 0 saturated carbocycles. The standard InChI is InChI=1S/C26H24F6N4O/c1-3-17-7-6-16(13-33)9-21(17)22(24(34)37)14-36-8-4-5-15(2)23(35-36)18-10-19(25(27,28)29)12-20(11-18)26(30,31)32/h4,6,8-12,14-15,17H,3,5,7H2,1-2H3,(H2,34,37)/b22-14+. The first kappa shape index (κ1) is 27.8. The maximum atomic E-state index is 13.4. The third-order valence-corrected chi connectivity index (χ3v) is 6.15. The second kappa shape index (κ2) is 10.7. The van der Waals surface area contributed by atoms with E-state index in [4.69, 9.17) is 5.73 Å². The van der Waals surface area contributed by atoms with Crippen LogP contribution in [0, 0.1) is 23.2 Å². The normalized spacial score (nSPS) is 21.0. The van der Waals surface area contributed by atoms with Gasteiger partial charge in [-0.25, -0.2) is 5.01 Å². The van der Waals surface area contributed by atoms with Crippen molar-refractivity contribution in [2.24, 2.45) is 22.7 Å². The summed E-state index contributed by atoms with van der Waals surface area (Å²) >= 11 is 0. The van der Waals surface area contributed by atoms with Crippen LogP contribution in [-0.4, -0.2) is 16.6 Å². The lowest BCUT2D eigenvalue weighted by Crippen LogP contribution is -2.23. The fourth-order valence-corrected chi connectivity index (χ4v) is 4.17. The van der Waals surface area contributed by atoms with Crippen LogP contribution in [0.1, 0.15) is 49.8 Å². The number of hydrazone groups is 1. The highest BCUT2D eigenvalue weighted by atomic mass is 19.4. The molecule has 196 valence electrons. The largest absolute Gasteiger partial charge is 0.416 e. The molecule has 2 atom stereocenters. The Bertz CT molecular complexity index is 1230. The minimum absolute atomic E-state index is 0.0241. The number of allylic oxidation sites excluding steroid dienone is 4. The Morgan fingerprint density at radius 3 is 2.30 bits per heavy atom. The molecule has 1 aliphatic carbocycles. The zero-order valence-electron chi connectivity index (χ0n) is 20.0. The van der Waals surface area contributed by atoms with Crippen LogP contribution in [0.3, 0.4) is 0 Å². The van der Waals surface area contributed by atoms with Crippen molar-refractivity contribution in [3.05, 3.63) is 82.2 Å². The molecule has 0 spiro atoms. The lowest BCUT2D eigenvalue weighted by Gasteiger charge is -2.23. The minimum atomic E-state index is -5.00. The summed E-state index contributed by atoms with van der Waals surface area (Å²) in [6.07, 6.45) is -0.932. The molecule has 0 bridgehead atoms. The highest BCUT2D eigenvalue weighted by Gasteiger charge is 2.37. The average molecular weight is 522 g/mol. The van der Waals surface area contributed by atoms with E-state index in [0.717, 1.165) is 5.01 Å². The smallest absolute Gasteiger partial charge is 0.366 e. The van der Waals surface area contributed by atoms with Crippen molar-refractivity contribution in [1.29, 1.82) is 5.26 Å². The van der Waals surface area contributed by atoms with Gasteiger partial charge in [-0.05, 0) is 60.6 Å². The molecule has 1 aliphatic heterocycles. The van der Waals surface area contributed by atoms with Gasteiger partial charge in [0.1, 0.15) is 0 Å². The van der Waals surface area contributed by atoms with E-state index in [0.29, 0.717) is 36.1 Å². The number of benzene rings is 1. The van der Waals surface area contributed by atoms with E-state index in [9.17, 15) is 36.4 Å². The molecule has 1 aromatic rings. The summed E-state index contributed by atoms with van der Waals surface area (Å²) in [5.74, 6) is -1.47. The van der Waals surface area contributed by atoms with Crippen LogP contribution in [0.15, 0.2) is 70.6 Å². The monoisotopic (exact) mass is 522 g/mol. The van der Waals surface area contributed by atoms with E-state index in [1.54, 1.807) is 25.2 Å². The van der Waals surface area contributed by atoms with E-state index in [2.05, 4.69) is 5.10 Å². The lowest BCUT2D eigenvalue weighted by molar-refractivity contribution is -0.143. The van der Waals surface area contributed by atoms with Gasteiger partial charge in [0.05, 0.1) is 28.5 Å². The number of rotatable bonds is 5. The Kier molecular flexibility index (Phi) is 8.00. The molecule has 1 heterocycles. The number of nitrogens with zero attached hydrogens (tertiary/aromatic N) is 3. The summed E-state index contributed by atoms with van der Waals surface area (Å²) in [4.78, 5) is 12.4. The molecule has 1 amide bonds. The summed E-state index contributed by atoms with van der Waals surface area (Å²) in [6.45, 7) is 3.53. The Balaban J connectivity index is 2.17. The lowest BCUT2D eigenvalue weighted by atomic mass is 9.82. The van der Waals surface area contributed by atoms with Crippen LogP contribution in [0.5, 0.6) is 0 Å². The van der Waals surface area contributed by atoms with Crippen molar-refractivity contribution in [3.63, 3.8) is 0 Å². The first-order valence-corrected chi connectivity index (χ1v) is 11.4. The predicted octanol–water partition coefficient (Wildman–Crippen LogP) is 6.46. The van der Waals surface area contributed by atoms with Crippen LogP contribution in [0.25, 0.3) is 0 Å². The van der Waals surface area contributed by atoms with Gasteiger partial charge in [0.2, 0.25) is 0 Å². The topological polar surface area (TPSA) is 82.5 Å². The number of amides is 1. The van der Waals surface area contributed by atoms with Gasteiger partial charge in [-0.15, -0.1) is 0 Å². The summed E-state index contributed by atoms with van der Waals surface area (Å²) in [6, 6.07) is 3.35. The maximum Gasteiger partial charge on any atom is 0.416 e. The molecule has 2 unspecified atom stereocenters. The molecule has 2 N–H and O–H groups in total. The quantitative estimate of drug-likeness (QED) is 0.356. The van der Waals surface area contributed by atoms with E-state index in [1.807, 2.05) is 13.0 Å². The van der Waals surface area contributed by atoms with E-state index < -0.39 is 35.3 Å². The number of hydrogen-bond donors (Lipinski definition) is 1. The SMILES string of the molecule is CCC1CC=C(C#N)C=C1/C(=C\N1C=CCC(C)C(c2cc(C(F)(F)F)cc(C(F)(F)F)c2)=N1)C(N)=O. The molecule has 3 rings (SSSR count). The molecule has 11 heteroatoms. The minimum Gasteiger partial charge on any atom is -0.366 e. The fraction of sp³-hybridized carbons (Fsp3) is 0.346. The summed E-state index contributed by atoms with van der Waals surface area (Å²) < 4.78 is 80.6. The highest BCUT2D eigenvalue weighted by Crippen LogP contribution is 2.37. The number of alkyl halides is 6. The van der Waals surface area contributed by atoms with Gasteiger partial charge >= 0.3 is 12.4 Å². The fourth-order valence-electron chi connectivity index (χ4n) is 4.17. The van der Waals surface area contributed by atoms with Crippen LogP contribution >= 0.6 is 0 Å². The van der Waals surface area contributed by atoms with Crippen LogP contribution < -0.4 is 5.73 Å². The van der Waals surface area contributed by atoms with E-state index >= 15 is 0 Å². The van der Waals surface area contributed by atoms with Gasteiger partial charge in [-0.2, -0.15) is 36.7 Å². The zero-order chi connectivity index (χ0) is 27.5. The van der Waals surface area contributed by atoms with Gasteiger partial charge in [0.15, 0.2) is 0 Å². The zero-order valence-corrected chi connectivity index (χ0v) is 20.0. The summed E-state index contributed by atoms with van der Waals surface area (Å²) in [5.41, 5.74) is 3.28. The number of nitrogens with two attached hydrogens (primary N) is 1. The maximum absolute atomic E-state index is 13.4. The molecule has 0 fully saturated rings. The van der Waals surface area contributed by atoms with Crippen molar-refractivity contribution in [2.75, 3.05) is 0 Å². The van der Waals surface area contributed by atoms with Crippen molar-refractivity contribution in [1.82, 2.24) is 5.01 Å². The number of carbonyl (C=O) groups is 1. The van der Waals surface area contributed by atoms with Crippen molar-refractivity contribution < 1.29 is 31.1 Å². The number of nitriles is 1. The van der Waals surface area contributed by atoms with Gasteiger partial charge in [0.25, 0.3) is 5.91 Å². The number of halogens is 6. The van der Waals surface area contributed by atoms with Crippen LogP contribution in [0.4, 0.5) is 26.3 Å². The van der Waals surface area contributed by atoms with Gasteiger partial charge in [0, 0.05) is 23.9 Å². The molecular weight excluding hydrogens is 498 g/mol. The molecule has 0 aromatic heterocycles. The van der Waals surface area contributed by atoms with Gasteiger partial charge in [-0.1, -0.05) is 26.0 Å². The van der Waals surface area contributed by atoms with E-state index in [1.165, 1.54) is 12.4 Å². The van der Waals surface area contributed by atoms with Crippen molar-refractivity contribution in [3.8, 4) is 6.07 Å². The number of hydrogen-bond acceptors (Lipinski definition) is 4. The highest BCUT2D eigenvalue weighted by molar-refractivity contribution is 6.02. The van der Waals surface area contributed by atoms with Crippen LogP contribution in [0.2, 0.25) is 0 Å². The number of carbonyl (C=O) groups excluding carboxylic acids is 1. The molecule has 1 aromatic carbocycles. The molecule has 0 radical (unpaired) electrons. The third kappa shape index (κ3) is 6.50. The summed E-state index contributed by atoms with van der Waals surface area (Å²) in [7, 11) is 0. The second-order valence-corrected chi connectivity index (χ2v) is 8.80. The summed E-state index contributed by atoms with van der Waals surface area (Å²) in [5, 5.41) is 14.8. The average Bonchev–Trinajstić information content (AvgIpc) is 3.01. The van der Waals surface area contributed by atoms with Gasteiger partial charge in [-0.3, -0.25) is 4.79 Å². The Morgan fingerprint density at radius 2 is 1.78 bits per heavy atom. The first-order valence-electron chi connectivity index (χ1n) is 11.4. The predicted molar refractivity (Wildman–Crippen MR) is 125 cm³/mol. The Labute approximate surface area is 209 Å². The molecule has 5 nitrogen and oxygen atoms in total. The van der Waals surface area contributed by atoms with Gasteiger partial charge < -0.3 is 5.73 Å². The molecule has 0 saturated heterocycles. The third-order valence-electron chi connectivity index (χ3n) is 6.15. The Hall–Kier alpha value is -3.81. The first-order chi connectivity index (χ1) is 17.2. The molecular formula is C26H24F6N4O.